The minimum absolute atomic E-state index is 0.227. The molecule has 202 valence electrons. The summed E-state index contributed by atoms with van der Waals surface area (Å²) in [6, 6.07) is 0. The molecule has 0 radical (unpaired) electrons. The van der Waals surface area contributed by atoms with Gasteiger partial charge in [0.15, 0.2) is 11.3 Å². The number of nitrogens with zero attached hydrogens (tertiary/aromatic N) is 1. The second-order valence-corrected chi connectivity index (χ2v) is 10.4. The number of rotatable bonds is 26. The van der Waals surface area contributed by atoms with Crippen molar-refractivity contribution in [3.8, 4) is 0 Å². The highest BCUT2D eigenvalue weighted by molar-refractivity contribution is 6.08. The quantitative estimate of drug-likeness (QED) is 0.0984. The summed E-state index contributed by atoms with van der Waals surface area (Å²) < 4.78 is 0. The molecule has 0 spiro atoms. The number of hydrogen-bond acceptors (Lipinski definition) is 4. The Morgan fingerprint density at radius 3 is 1.18 bits per heavy atom. The minimum Gasteiger partial charge on any atom is -0.480 e. The first-order valence-corrected chi connectivity index (χ1v) is 14.7. The third kappa shape index (κ3) is 15.1. The van der Waals surface area contributed by atoms with Crippen LogP contribution in [0.2, 0.25) is 0 Å². The predicted octanol–water partition coefficient (Wildman–Crippen LogP) is 7.50. The van der Waals surface area contributed by atoms with Crippen LogP contribution in [-0.4, -0.2) is 46.9 Å². The first kappa shape index (κ1) is 33.1. The fourth-order valence-corrected chi connectivity index (χ4v) is 4.77. The van der Waals surface area contributed by atoms with E-state index in [-0.39, 0.29) is 12.3 Å². The molecule has 1 atom stereocenters. The van der Waals surface area contributed by atoms with E-state index < -0.39 is 11.5 Å². The molecule has 3 N–H and O–H groups in total. The average molecular weight is 483 g/mol. The number of ketones is 1. The fraction of sp³-hybridized carbons (Fsp3) is 0.931. The van der Waals surface area contributed by atoms with Crippen LogP contribution in [0.15, 0.2) is 0 Å². The lowest BCUT2D eigenvalue weighted by atomic mass is 9.92. The third-order valence-electron chi connectivity index (χ3n) is 7.34. The summed E-state index contributed by atoms with van der Waals surface area (Å²) in [5, 5.41) is 9.91. The van der Waals surface area contributed by atoms with Crippen LogP contribution in [-0.2, 0) is 9.59 Å². The van der Waals surface area contributed by atoms with E-state index in [0.29, 0.717) is 13.1 Å². The average Bonchev–Trinajstić information content (AvgIpc) is 2.83. The maximum atomic E-state index is 12.5. The largest absolute Gasteiger partial charge is 0.480 e. The van der Waals surface area contributed by atoms with Gasteiger partial charge in [0.1, 0.15) is 0 Å². The number of aliphatic carboxylic acids is 1. The van der Waals surface area contributed by atoms with Gasteiger partial charge < -0.3 is 10.8 Å². The molecular weight excluding hydrogens is 424 g/mol. The Labute approximate surface area is 211 Å². The molecule has 5 nitrogen and oxygen atoms in total. The van der Waals surface area contributed by atoms with E-state index in [4.69, 9.17) is 5.73 Å². The summed E-state index contributed by atoms with van der Waals surface area (Å²) in [6.07, 6.45) is 24.9. The van der Waals surface area contributed by atoms with Crippen molar-refractivity contribution in [1.29, 1.82) is 0 Å². The number of nitrogens with two attached hydrogens (primary N) is 1. The van der Waals surface area contributed by atoms with E-state index in [1.807, 2.05) is 4.90 Å². The van der Waals surface area contributed by atoms with Crippen LogP contribution in [0.25, 0.3) is 0 Å². The van der Waals surface area contributed by atoms with E-state index in [1.54, 1.807) is 6.92 Å². The zero-order valence-electron chi connectivity index (χ0n) is 23.1. The molecule has 0 saturated heterocycles. The van der Waals surface area contributed by atoms with Gasteiger partial charge >= 0.3 is 5.97 Å². The van der Waals surface area contributed by atoms with Crippen LogP contribution >= 0.6 is 0 Å². The molecule has 0 bridgehead atoms. The number of Topliss-reactive ketones (excluding diaryl/α,β-unsaturated/α-hetero) is 1. The van der Waals surface area contributed by atoms with Crippen molar-refractivity contribution in [3.05, 3.63) is 0 Å². The number of carbonyl (C=O) groups is 2. The molecule has 1 unspecified atom stereocenters. The maximum absolute atomic E-state index is 12.5. The van der Waals surface area contributed by atoms with Crippen molar-refractivity contribution in [2.24, 2.45) is 5.73 Å². The highest BCUT2D eigenvalue weighted by Crippen LogP contribution is 2.21. The second kappa shape index (κ2) is 22.5. The summed E-state index contributed by atoms with van der Waals surface area (Å²) in [7, 11) is 0. The van der Waals surface area contributed by atoms with Crippen LogP contribution in [0.3, 0.4) is 0 Å². The van der Waals surface area contributed by atoms with Crippen molar-refractivity contribution >= 4 is 11.8 Å². The van der Waals surface area contributed by atoms with Crippen molar-refractivity contribution < 1.29 is 14.7 Å². The SMILES string of the molecule is CCCCCCCCCCCCN(CCCCCCCCCCCC)C(C)(C(=O)O)C(=O)CN. The Balaban J connectivity index is 4.37. The molecule has 0 aromatic carbocycles. The Bertz CT molecular complexity index is 474. The normalized spacial score (nSPS) is 13.3. The first-order valence-electron chi connectivity index (χ1n) is 14.7. The summed E-state index contributed by atoms with van der Waals surface area (Å²) in [6.45, 7) is 7.13. The molecule has 0 aliphatic carbocycles. The molecule has 0 aromatic rings. The van der Waals surface area contributed by atoms with Crippen molar-refractivity contribution in [1.82, 2.24) is 4.90 Å². The fourth-order valence-electron chi connectivity index (χ4n) is 4.77. The molecule has 0 aliphatic heterocycles. The van der Waals surface area contributed by atoms with Crippen LogP contribution in [0.5, 0.6) is 0 Å². The molecular formula is C29H58N2O3. The van der Waals surface area contributed by atoms with Gasteiger partial charge in [-0.3, -0.25) is 9.69 Å². The Morgan fingerprint density at radius 1 is 0.618 bits per heavy atom. The van der Waals surface area contributed by atoms with Gasteiger partial charge in [0.2, 0.25) is 0 Å². The van der Waals surface area contributed by atoms with Gasteiger partial charge in [0.05, 0.1) is 6.54 Å². The van der Waals surface area contributed by atoms with Gasteiger partial charge in [-0.25, -0.2) is 4.79 Å². The Morgan fingerprint density at radius 2 is 0.912 bits per heavy atom. The predicted molar refractivity (Wildman–Crippen MR) is 145 cm³/mol. The van der Waals surface area contributed by atoms with Crippen molar-refractivity contribution in [2.75, 3.05) is 19.6 Å². The van der Waals surface area contributed by atoms with Gasteiger partial charge in [-0.1, -0.05) is 129 Å². The molecule has 0 heterocycles. The van der Waals surface area contributed by atoms with Crippen molar-refractivity contribution in [3.63, 3.8) is 0 Å². The zero-order valence-corrected chi connectivity index (χ0v) is 23.1. The topological polar surface area (TPSA) is 83.6 Å². The monoisotopic (exact) mass is 482 g/mol. The Kier molecular flexibility index (Phi) is 21.9. The molecule has 0 aromatic heterocycles. The van der Waals surface area contributed by atoms with Crippen LogP contribution < -0.4 is 5.73 Å². The third-order valence-corrected chi connectivity index (χ3v) is 7.34. The highest BCUT2D eigenvalue weighted by Gasteiger charge is 2.45. The van der Waals surface area contributed by atoms with E-state index in [2.05, 4.69) is 13.8 Å². The lowest BCUT2D eigenvalue weighted by molar-refractivity contribution is -0.156. The lowest BCUT2D eigenvalue weighted by Gasteiger charge is -2.36. The summed E-state index contributed by atoms with van der Waals surface area (Å²) in [5.74, 6) is -1.46. The van der Waals surface area contributed by atoms with Gasteiger partial charge in [0.25, 0.3) is 0 Å². The molecule has 0 rings (SSSR count). The van der Waals surface area contributed by atoms with Crippen molar-refractivity contribution in [2.45, 2.75) is 155 Å². The van der Waals surface area contributed by atoms with E-state index >= 15 is 0 Å². The Hall–Kier alpha value is -0.940. The van der Waals surface area contributed by atoms with Crippen LogP contribution in [0.4, 0.5) is 0 Å². The number of unbranched alkanes of at least 4 members (excludes halogenated alkanes) is 18. The molecule has 5 heteroatoms. The lowest BCUT2D eigenvalue weighted by Crippen LogP contribution is -2.60. The standard InChI is InChI=1S/C29H58N2O3/c1-4-6-8-10-12-14-16-18-20-22-24-31(29(3,28(33)34)27(32)26-30)25-23-21-19-17-15-13-11-9-7-5-2/h4-26,30H2,1-3H3,(H,33,34). The van der Waals surface area contributed by atoms with Crippen LogP contribution in [0.1, 0.15) is 149 Å². The zero-order chi connectivity index (χ0) is 25.5. The summed E-state index contributed by atoms with van der Waals surface area (Å²) >= 11 is 0. The minimum atomic E-state index is -1.51. The van der Waals surface area contributed by atoms with Gasteiger partial charge in [-0.05, 0) is 32.9 Å². The molecule has 34 heavy (non-hydrogen) atoms. The molecule has 0 amide bonds. The number of carboxylic acid groups (broad SMARTS) is 1. The number of hydrogen-bond donors (Lipinski definition) is 2. The van der Waals surface area contributed by atoms with Gasteiger partial charge in [-0.15, -0.1) is 0 Å². The van der Waals surface area contributed by atoms with E-state index in [9.17, 15) is 14.7 Å². The van der Waals surface area contributed by atoms with E-state index in [1.165, 1.54) is 103 Å². The molecule has 0 aliphatic rings. The van der Waals surface area contributed by atoms with Crippen LogP contribution in [0, 0.1) is 0 Å². The highest BCUT2D eigenvalue weighted by atomic mass is 16.4. The summed E-state index contributed by atoms with van der Waals surface area (Å²) in [4.78, 5) is 26.5. The molecule has 0 saturated carbocycles. The maximum Gasteiger partial charge on any atom is 0.331 e. The van der Waals surface area contributed by atoms with Gasteiger partial charge in [0, 0.05) is 0 Å². The van der Waals surface area contributed by atoms with E-state index in [0.717, 1.165) is 25.7 Å². The summed E-state index contributed by atoms with van der Waals surface area (Å²) in [5.41, 5.74) is 4.09. The molecule has 0 fully saturated rings. The number of carbonyl (C=O) groups excluding carboxylic acids is 1. The second-order valence-electron chi connectivity index (χ2n) is 10.4. The number of carboxylic acids is 1. The van der Waals surface area contributed by atoms with Gasteiger partial charge in [-0.2, -0.15) is 0 Å². The smallest absolute Gasteiger partial charge is 0.331 e. The first-order chi connectivity index (χ1) is 16.4.